The van der Waals surface area contributed by atoms with Gasteiger partial charge in [0.15, 0.2) is 5.13 Å². The fraction of sp³-hybridized carbons (Fsp3) is 0.259. The van der Waals surface area contributed by atoms with Gasteiger partial charge in [-0.25, -0.2) is 4.98 Å². The molecule has 0 aliphatic carbocycles. The fourth-order valence-electron chi connectivity index (χ4n) is 4.05. The number of hydrogen-bond acceptors (Lipinski definition) is 5. The summed E-state index contributed by atoms with van der Waals surface area (Å²) in [5, 5.41) is 0.715. The van der Waals surface area contributed by atoms with Crippen LogP contribution in [0.25, 0.3) is 10.2 Å². The maximum absolute atomic E-state index is 13.6. The Morgan fingerprint density at radius 2 is 1.76 bits per heavy atom. The molecule has 5 nitrogen and oxygen atoms in total. The summed E-state index contributed by atoms with van der Waals surface area (Å²) in [7, 11) is 0. The quantitative estimate of drug-likeness (QED) is 0.330. The van der Waals surface area contributed by atoms with Gasteiger partial charge in [-0.2, -0.15) is 0 Å². The van der Waals surface area contributed by atoms with Gasteiger partial charge in [0.1, 0.15) is 11.5 Å². The Labute approximate surface area is 197 Å². The van der Waals surface area contributed by atoms with E-state index in [1.807, 2.05) is 54.6 Å². The molecule has 0 N–H and O–H groups in total. The monoisotopic (exact) mass is 458 g/mol. The van der Waals surface area contributed by atoms with Gasteiger partial charge in [-0.3, -0.25) is 9.69 Å². The zero-order valence-corrected chi connectivity index (χ0v) is 19.6. The van der Waals surface area contributed by atoms with E-state index in [0.717, 1.165) is 41.0 Å². The van der Waals surface area contributed by atoms with Gasteiger partial charge in [-0.05, 0) is 74.2 Å². The van der Waals surface area contributed by atoms with Crippen LogP contribution in [0.15, 0.2) is 66.7 Å². The van der Waals surface area contributed by atoms with E-state index in [0.29, 0.717) is 23.0 Å². The number of thiazole rings is 1. The lowest BCUT2D eigenvalue weighted by Crippen LogP contribution is -2.37. The maximum Gasteiger partial charge on any atom is 0.260 e. The van der Waals surface area contributed by atoms with Crippen molar-refractivity contribution in [3.05, 3.63) is 83.4 Å². The van der Waals surface area contributed by atoms with Gasteiger partial charge < -0.3 is 9.47 Å². The van der Waals surface area contributed by atoms with Crippen molar-refractivity contribution in [2.45, 2.75) is 32.8 Å². The molecule has 1 aromatic heterocycles. The molecule has 1 fully saturated rings. The molecule has 33 heavy (non-hydrogen) atoms. The van der Waals surface area contributed by atoms with E-state index in [1.54, 1.807) is 16.2 Å². The zero-order valence-electron chi connectivity index (χ0n) is 18.8. The molecule has 3 aromatic carbocycles. The first kappa shape index (κ1) is 21.6. The van der Waals surface area contributed by atoms with Crippen LogP contribution >= 0.6 is 11.3 Å². The van der Waals surface area contributed by atoms with Gasteiger partial charge in [0.2, 0.25) is 0 Å². The number of benzene rings is 3. The molecule has 1 aliphatic rings. The second-order valence-corrected chi connectivity index (χ2v) is 9.34. The second kappa shape index (κ2) is 9.33. The Bertz CT molecular complexity index is 1220. The molecule has 1 atom stereocenters. The van der Waals surface area contributed by atoms with Crippen LogP contribution in [0.4, 0.5) is 5.13 Å². The summed E-state index contributed by atoms with van der Waals surface area (Å²) >= 11 is 1.57. The average Bonchev–Trinajstić information content (AvgIpc) is 3.51. The molecule has 0 bridgehead atoms. The van der Waals surface area contributed by atoms with Crippen molar-refractivity contribution >= 4 is 32.6 Å². The summed E-state index contributed by atoms with van der Waals surface area (Å²) in [5.41, 5.74) is 3.85. The molecule has 6 heteroatoms. The number of fused-ring (bicyclic) bond motifs is 1. The van der Waals surface area contributed by atoms with Crippen molar-refractivity contribution in [3.8, 4) is 11.5 Å². The largest absolute Gasteiger partial charge is 0.457 e. The van der Waals surface area contributed by atoms with Crippen LogP contribution in [0, 0.1) is 13.8 Å². The molecule has 4 aromatic rings. The average molecular weight is 459 g/mol. The normalized spacial score (nSPS) is 15.6. The smallest absolute Gasteiger partial charge is 0.260 e. The van der Waals surface area contributed by atoms with Gasteiger partial charge in [-0.15, -0.1) is 0 Å². The summed E-state index contributed by atoms with van der Waals surface area (Å²) in [6, 6.07) is 21.1. The van der Waals surface area contributed by atoms with Crippen LogP contribution in [-0.2, 0) is 4.74 Å². The Morgan fingerprint density at radius 3 is 2.45 bits per heavy atom. The molecule has 1 aliphatic heterocycles. The minimum Gasteiger partial charge on any atom is -0.457 e. The number of rotatable bonds is 6. The summed E-state index contributed by atoms with van der Waals surface area (Å²) in [4.78, 5) is 20.3. The highest BCUT2D eigenvalue weighted by Gasteiger charge is 2.27. The van der Waals surface area contributed by atoms with Crippen molar-refractivity contribution in [1.29, 1.82) is 0 Å². The topological polar surface area (TPSA) is 51.7 Å². The lowest BCUT2D eigenvalue weighted by atomic mass is 10.1. The molecular weight excluding hydrogens is 432 g/mol. The van der Waals surface area contributed by atoms with Crippen LogP contribution in [0.1, 0.15) is 34.3 Å². The number of carbonyl (C=O) groups excluding carboxylic acids is 1. The van der Waals surface area contributed by atoms with Gasteiger partial charge in [-0.1, -0.05) is 41.7 Å². The number of hydrogen-bond donors (Lipinski definition) is 0. The van der Waals surface area contributed by atoms with Crippen molar-refractivity contribution < 1.29 is 14.3 Å². The summed E-state index contributed by atoms with van der Waals surface area (Å²) in [6.45, 7) is 5.39. The number of ether oxygens (including phenoxy) is 2. The second-order valence-electron chi connectivity index (χ2n) is 8.36. The first-order chi connectivity index (χ1) is 16.1. The van der Waals surface area contributed by atoms with Crippen molar-refractivity contribution in [2.75, 3.05) is 18.1 Å². The van der Waals surface area contributed by atoms with E-state index in [9.17, 15) is 4.79 Å². The third-order valence-electron chi connectivity index (χ3n) is 5.90. The Hall–Kier alpha value is -3.22. The standard InChI is InChI=1S/C27H26N2O3S/c1-18-10-11-19(2)25-24(18)28-27(33-25)29(17-23-9-6-16-31-23)26(30)20-12-14-22(15-13-20)32-21-7-4-3-5-8-21/h3-5,7-8,10-15,23H,6,9,16-17H2,1-2H3. The molecule has 1 unspecified atom stereocenters. The molecule has 168 valence electrons. The Morgan fingerprint density at radius 1 is 1.03 bits per heavy atom. The summed E-state index contributed by atoms with van der Waals surface area (Å²) < 4.78 is 12.9. The Balaban J connectivity index is 1.44. The van der Waals surface area contributed by atoms with E-state index in [-0.39, 0.29) is 12.0 Å². The minimum atomic E-state index is -0.0777. The summed E-state index contributed by atoms with van der Waals surface area (Å²) in [6.07, 6.45) is 2.01. The van der Waals surface area contributed by atoms with Gasteiger partial charge in [0, 0.05) is 12.2 Å². The lowest BCUT2D eigenvalue weighted by Gasteiger charge is -2.23. The van der Waals surface area contributed by atoms with Crippen LogP contribution in [0.5, 0.6) is 11.5 Å². The molecule has 0 saturated carbocycles. The van der Waals surface area contributed by atoms with E-state index in [2.05, 4.69) is 26.0 Å². The SMILES string of the molecule is Cc1ccc(C)c2sc(N(CC3CCCO3)C(=O)c3ccc(Oc4ccccc4)cc3)nc12. The highest BCUT2D eigenvalue weighted by atomic mass is 32.1. The van der Waals surface area contributed by atoms with Crippen LogP contribution in [0.2, 0.25) is 0 Å². The van der Waals surface area contributed by atoms with Gasteiger partial charge in [0.05, 0.1) is 22.9 Å². The number of aryl methyl sites for hydroxylation is 2. The highest BCUT2D eigenvalue weighted by Crippen LogP contribution is 2.34. The molecule has 5 rings (SSSR count). The lowest BCUT2D eigenvalue weighted by molar-refractivity contribution is 0.0917. The predicted octanol–water partition coefficient (Wildman–Crippen LogP) is 6.53. The molecule has 0 radical (unpaired) electrons. The molecule has 1 amide bonds. The zero-order chi connectivity index (χ0) is 22.8. The first-order valence-corrected chi connectivity index (χ1v) is 12.0. The molecule has 0 spiro atoms. The fourth-order valence-corrected chi connectivity index (χ4v) is 5.17. The van der Waals surface area contributed by atoms with Crippen LogP contribution < -0.4 is 9.64 Å². The third kappa shape index (κ3) is 4.63. The summed E-state index contributed by atoms with van der Waals surface area (Å²) in [5.74, 6) is 1.37. The van der Waals surface area contributed by atoms with Crippen molar-refractivity contribution in [2.24, 2.45) is 0 Å². The van der Waals surface area contributed by atoms with E-state index < -0.39 is 0 Å². The number of amides is 1. The van der Waals surface area contributed by atoms with Crippen LogP contribution in [-0.4, -0.2) is 30.1 Å². The van der Waals surface area contributed by atoms with E-state index in [1.165, 1.54) is 5.56 Å². The van der Waals surface area contributed by atoms with Crippen LogP contribution in [0.3, 0.4) is 0 Å². The number of para-hydroxylation sites is 1. The predicted molar refractivity (Wildman–Crippen MR) is 133 cm³/mol. The minimum absolute atomic E-state index is 0.0313. The number of carbonyl (C=O) groups is 1. The van der Waals surface area contributed by atoms with E-state index >= 15 is 0 Å². The molecular formula is C27H26N2O3S. The molecule has 1 saturated heterocycles. The third-order valence-corrected chi connectivity index (χ3v) is 7.11. The number of anilines is 1. The molecule has 2 heterocycles. The number of aromatic nitrogens is 1. The van der Waals surface area contributed by atoms with Crippen molar-refractivity contribution in [1.82, 2.24) is 4.98 Å². The van der Waals surface area contributed by atoms with Crippen molar-refractivity contribution in [3.63, 3.8) is 0 Å². The maximum atomic E-state index is 13.6. The van der Waals surface area contributed by atoms with Gasteiger partial charge in [0.25, 0.3) is 5.91 Å². The van der Waals surface area contributed by atoms with Gasteiger partial charge >= 0.3 is 0 Å². The number of nitrogens with zero attached hydrogens (tertiary/aromatic N) is 2. The first-order valence-electron chi connectivity index (χ1n) is 11.2. The Kier molecular flexibility index (Phi) is 6.11. The highest BCUT2D eigenvalue weighted by molar-refractivity contribution is 7.22. The van der Waals surface area contributed by atoms with E-state index in [4.69, 9.17) is 14.5 Å².